The topological polar surface area (TPSA) is 109 Å². The van der Waals surface area contributed by atoms with E-state index in [-0.39, 0.29) is 15.7 Å². The Bertz CT molecular complexity index is 868. The molecule has 0 fully saturated rings. The van der Waals surface area contributed by atoms with Crippen LogP contribution in [-0.4, -0.2) is 25.9 Å². The van der Waals surface area contributed by atoms with E-state index in [9.17, 15) is 16.8 Å². The van der Waals surface area contributed by atoms with Gasteiger partial charge in [-0.2, -0.15) is 16.8 Å². The first-order valence-corrected chi connectivity index (χ1v) is 8.08. The van der Waals surface area contributed by atoms with E-state index >= 15 is 0 Å². The van der Waals surface area contributed by atoms with E-state index in [1.54, 1.807) is 0 Å². The van der Waals surface area contributed by atoms with Crippen molar-refractivity contribution in [2.24, 2.45) is 0 Å². The molecule has 0 aliphatic heterocycles. The molecule has 0 atom stereocenters. The Morgan fingerprint density at radius 1 is 0.895 bits per heavy atom. The van der Waals surface area contributed by atoms with Gasteiger partial charge in [-0.15, -0.1) is 0 Å². The van der Waals surface area contributed by atoms with Crippen LogP contribution in [0.1, 0.15) is 0 Å². The van der Waals surface area contributed by atoms with Gasteiger partial charge in [-0.3, -0.25) is 9.11 Å². The van der Waals surface area contributed by atoms with Crippen LogP contribution in [-0.2, 0) is 20.2 Å². The third-order valence-corrected chi connectivity index (χ3v) is 4.55. The van der Waals surface area contributed by atoms with Crippen LogP contribution in [0.5, 0.6) is 0 Å². The highest BCUT2D eigenvalue weighted by atomic mass is 32.2. The zero-order valence-electron chi connectivity index (χ0n) is 9.14. The van der Waals surface area contributed by atoms with Gasteiger partial charge in [0.15, 0.2) is 0 Å². The Balaban J connectivity index is 3.06. The number of rotatable bonds is 2. The minimum atomic E-state index is -4.65. The predicted molar refractivity (Wildman–Crippen MR) is 69.4 cm³/mol. The molecule has 1 radical (unpaired) electrons. The molecule has 2 rings (SSSR count). The Morgan fingerprint density at radius 2 is 1.53 bits per heavy atom. The summed E-state index contributed by atoms with van der Waals surface area (Å²) in [6.45, 7) is 0. The van der Waals surface area contributed by atoms with E-state index in [1.165, 1.54) is 18.2 Å². The molecule has 0 aliphatic rings. The average Bonchev–Trinajstić information content (AvgIpc) is 2.25. The molecule has 0 bridgehead atoms. The average molecular weight is 319 g/mol. The highest BCUT2D eigenvalue weighted by Crippen LogP contribution is 2.30. The van der Waals surface area contributed by atoms with Crippen molar-refractivity contribution in [3.05, 3.63) is 30.3 Å². The second kappa shape index (κ2) is 4.39. The van der Waals surface area contributed by atoms with Crippen LogP contribution in [0.15, 0.2) is 45.0 Å². The highest BCUT2D eigenvalue weighted by Gasteiger charge is 2.20. The second-order valence-corrected chi connectivity index (χ2v) is 6.97. The van der Waals surface area contributed by atoms with E-state index < -0.39 is 30.0 Å². The summed E-state index contributed by atoms with van der Waals surface area (Å²) < 4.78 is 62.9. The van der Waals surface area contributed by atoms with Crippen molar-refractivity contribution in [3.63, 3.8) is 0 Å². The zero-order chi connectivity index (χ0) is 14.4. The van der Waals surface area contributed by atoms with Gasteiger partial charge in [0.1, 0.15) is 4.90 Å². The Morgan fingerprint density at radius 3 is 2.05 bits per heavy atom. The summed E-state index contributed by atoms with van der Waals surface area (Å²) in [5.41, 5.74) is 0. The SMILES string of the molecule is O=S(=O)(O)c1cc(S(=O)(=O)O)c2cccc([S])c2c1. The van der Waals surface area contributed by atoms with Gasteiger partial charge in [0, 0.05) is 15.7 Å². The van der Waals surface area contributed by atoms with Gasteiger partial charge in [0.25, 0.3) is 20.2 Å². The smallest absolute Gasteiger partial charge is 0.282 e. The van der Waals surface area contributed by atoms with Gasteiger partial charge < -0.3 is 0 Å². The van der Waals surface area contributed by atoms with E-state index in [0.717, 1.165) is 6.07 Å². The van der Waals surface area contributed by atoms with Crippen LogP contribution in [0.25, 0.3) is 10.8 Å². The first-order valence-electron chi connectivity index (χ1n) is 4.79. The summed E-state index contributed by atoms with van der Waals surface area (Å²) in [7, 11) is -9.27. The van der Waals surface area contributed by atoms with Gasteiger partial charge in [0.2, 0.25) is 0 Å². The Labute approximate surface area is 115 Å². The maximum Gasteiger partial charge on any atom is 0.295 e. The summed E-state index contributed by atoms with van der Waals surface area (Å²) >= 11 is 4.97. The van der Waals surface area contributed by atoms with E-state index in [0.29, 0.717) is 6.07 Å². The van der Waals surface area contributed by atoms with Crippen molar-refractivity contribution in [1.29, 1.82) is 0 Å². The lowest BCUT2D eigenvalue weighted by atomic mass is 10.1. The summed E-state index contributed by atoms with van der Waals surface area (Å²) in [5.74, 6) is 0. The van der Waals surface area contributed by atoms with Crippen LogP contribution in [0.3, 0.4) is 0 Å². The number of hydrogen-bond acceptors (Lipinski definition) is 4. The molecule has 2 aromatic carbocycles. The van der Waals surface area contributed by atoms with Crippen molar-refractivity contribution in [2.75, 3.05) is 0 Å². The molecule has 0 heterocycles. The fourth-order valence-corrected chi connectivity index (χ4v) is 3.25. The maximum absolute atomic E-state index is 11.3. The molecule has 0 saturated heterocycles. The molecular formula is C10H7O6S3. The molecule has 2 N–H and O–H groups in total. The number of fused-ring (bicyclic) bond motifs is 1. The van der Waals surface area contributed by atoms with Gasteiger partial charge in [0.05, 0.1) is 4.90 Å². The largest absolute Gasteiger partial charge is 0.295 e. The van der Waals surface area contributed by atoms with Crippen LogP contribution in [0, 0.1) is 0 Å². The highest BCUT2D eigenvalue weighted by molar-refractivity contribution is 7.86. The lowest BCUT2D eigenvalue weighted by molar-refractivity contribution is 0.482. The molecule has 0 amide bonds. The molecule has 0 unspecified atom stereocenters. The Hall–Kier alpha value is -1.26. The van der Waals surface area contributed by atoms with Crippen LogP contribution in [0.4, 0.5) is 0 Å². The first kappa shape index (κ1) is 14.2. The number of hydrogen-bond donors (Lipinski definition) is 2. The normalized spacial score (nSPS) is 12.7. The van der Waals surface area contributed by atoms with Gasteiger partial charge in [-0.05, 0) is 18.2 Å². The maximum atomic E-state index is 11.3. The molecule has 19 heavy (non-hydrogen) atoms. The van der Waals surface area contributed by atoms with Crippen molar-refractivity contribution < 1.29 is 25.9 Å². The third-order valence-electron chi connectivity index (χ3n) is 2.47. The van der Waals surface area contributed by atoms with Gasteiger partial charge >= 0.3 is 0 Å². The molecule has 6 nitrogen and oxygen atoms in total. The van der Waals surface area contributed by atoms with Crippen LogP contribution < -0.4 is 0 Å². The molecule has 2 aromatic rings. The quantitative estimate of drug-likeness (QED) is 0.818. The van der Waals surface area contributed by atoms with E-state index in [2.05, 4.69) is 0 Å². The minimum Gasteiger partial charge on any atom is -0.282 e. The minimum absolute atomic E-state index is 0.0856. The molecule has 101 valence electrons. The summed E-state index contributed by atoms with van der Waals surface area (Å²) in [4.78, 5) is -1.07. The van der Waals surface area contributed by atoms with Crippen LogP contribution >= 0.6 is 12.6 Å². The van der Waals surface area contributed by atoms with Crippen molar-refractivity contribution >= 4 is 43.6 Å². The monoisotopic (exact) mass is 319 g/mol. The third kappa shape index (κ3) is 2.69. The van der Waals surface area contributed by atoms with Crippen molar-refractivity contribution in [3.8, 4) is 0 Å². The van der Waals surface area contributed by atoms with Crippen molar-refractivity contribution in [2.45, 2.75) is 14.7 Å². The first-order chi connectivity index (χ1) is 8.60. The Kier molecular flexibility index (Phi) is 3.27. The van der Waals surface area contributed by atoms with Gasteiger partial charge in [-0.1, -0.05) is 24.8 Å². The standard InChI is InChI=1S/C10H7O6S3/c11-18(12,13)6-4-8-7(2-1-3-9(8)17)10(5-6)19(14,15)16/h1-5H,(H,11,12,13)(H,14,15,16). The molecule has 0 spiro atoms. The fraction of sp³-hybridized carbons (Fsp3) is 0. The summed E-state index contributed by atoms with van der Waals surface area (Å²) in [6, 6.07) is 6.07. The van der Waals surface area contributed by atoms with Gasteiger partial charge in [-0.25, -0.2) is 0 Å². The molecule has 0 saturated carbocycles. The van der Waals surface area contributed by atoms with E-state index in [1.807, 2.05) is 0 Å². The lowest BCUT2D eigenvalue weighted by Crippen LogP contribution is -2.04. The lowest BCUT2D eigenvalue weighted by Gasteiger charge is -2.07. The number of benzene rings is 2. The zero-order valence-corrected chi connectivity index (χ0v) is 11.6. The fourth-order valence-electron chi connectivity index (χ4n) is 1.66. The second-order valence-electron chi connectivity index (χ2n) is 3.72. The molecule has 0 aromatic heterocycles. The molecular weight excluding hydrogens is 312 g/mol. The predicted octanol–water partition coefficient (Wildman–Crippen LogP) is 1.89. The van der Waals surface area contributed by atoms with Crippen LogP contribution in [0.2, 0.25) is 0 Å². The molecule has 0 aliphatic carbocycles. The molecule has 9 heteroatoms. The van der Waals surface area contributed by atoms with Crippen molar-refractivity contribution in [1.82, 2.24) is 0 Å². The summed E-state index contributed by atoms with van der Waals surface area (Å²) in [6.07, 6.45) is 0. The van der Waals surface area contributed by atoms with E-state index in [4.69, 9.17) is 21.7 Å². The summed E-state index contributed by atoms with van der Waals surface area (Å²) in [5, 5.41) is 0.225.